The Hall–Kier alpha value is -3.32. The fraction of sp³-hybridized carbons (Fsp3) is 0.370. The predicted octanol–water partition coefficient (Wildman–Crippen LogP) is 5.57. The third-order valence-corrected chi connectivity index (χ3v) is 5.61. The van der Waals surface area contributed by atoms with Crippen molar-refractivity contribution in [2.24, 2.45) is 5.92 Å². The summed E-state index contributed by atoms with van der Waals surface area (Å²) >= 11 is 6.06. The van der Waals surface area contributed by atoms with Crippen LogP contribution in [0.3, 0.4) is 0 Å². The summed E-state index contributed by atoms with van der Waals surface area (Å²) in [6.07, 6.45) is 0. The van der Waals surface area contributed by atoms with Gasteiger partial charge in [0.25, 0.3) is 5.91 Å². The number of carbonyl (C=O) groups excluding carboxylic acids is 2. The largest absolute Gasteiger partial charge is 0.496 e. The van der Waals surface area contributed by atoms with E-state index in [4.69, 9.17) is 21.4 Å². The second-order valence-electron chi connectivity index (χ2n) is 9.88. The Kier molecular flexibility index (Phi) is 8.22. The lowest BCUT2D eigenvalue weighted by Gasteiger charge is -2.25. The molecule has 1 aromatic heterocycles. The Morgan fingerprint density at radius 3 is 2.37 bits per heavy atom. The van der Waals surface area contributed by atoms with E-state index in [1.807, 2.05) is 32.0 Å². The number of para-hydroxylation sites is 1. The van der Waals surface area contributed by atoms with E-state index in [1.165, 1.54) is 7.11 Å². The number of carbonyl (C=O) groups is 2. The smallest absolute Gasteiger partial charge is 0.258 e. The highest BCUT2D eigenvalue weighted by atomic mass is 35.5. The van der Waals surface area contributed by atoms with Crippen LogP contribution in [0.5, 0.6) is 5.75 Å². The van der Waals surface area contributed by atoms with E-state index in [9.17, 15) is 9.59 Å². The molecular weight excluding hydrogens is 464 g/mol. The van der Waals surface area contributed by atoms with Crippen molar-refractivity contribution < 1.29 is 14.3 Å². The van der Waals surface area contributed by atoms with Gasteiger partial charge >= 0.3 is 0 Å². The fourth-order valence-electron chi connectivity index (χ4n) is 3.62. The van der Waals surface area contributed by atoms with Crippen molar-refractivity contribution in [1.82, 2.24) is 14.7 Å². The van der Waals surface area contributed by atoms with Crippen LogP contribution in [0.2, 0.25) is 5.02 Å². The minimum absolute atomic E-state index is 0.105. The summed E-state index contributed by atoms with van der Waals surface area (Å²) in [5.41, 5.74) is 1.79. The third-order valence-electron chi connectivity index (χ3n) is 5.36. The second-order valence-corrected chi connectivity index (χ2v) is 10.3. The van der Waals surface area contributed by atoms with Crippen molar-refractivity contribution in [3.63, 3.8) is 0 Å². The van der Waals surface area contributed by atoms with Crippen LogP contribution >= 0.6 is 11.6 Å². The van der Waals surface area contributed by atoms with Gasteiger partial charge in [-0.05, 0) is 42.3 Å². The van der Waals surface area contributed by atoms with E-state index in [1.54, 1.807) is 46.0 Å². The zero-order chi connectivity index (χ0) is 25.8. The molecule has 1 N–H and O–H groups in total. The van der Waals surface area contributed by atoms with Crippen LogP contribution < -0.4 is 10.1 Å². The molecule has 0 unspecified atom stereocenters. The number of hydrogen-bond acceptors (Lipinski definition) is 4. The van der Waals surface area contributed by atoms with Crippen molar-refractivity contribution in [2.75, 3.05) is 25.5 Å². The first-order valence-electron chi connectivity index (χ1n) is 11.6. The topological polar surface area (TPSA) is 76.5 Å². The Labute approximate surface area is 212 Å². The molecule has 3 aromatic rings. The molecule has 0 bridgehead atoms. The molecule has 0 fully saturated rings. The Morgan fingerprint density at radius 1 is 1.11 bits per heavy atom. The van der Waals surface area contributed by atoms with E-state index >= 15 is 0 Å². The highest BCUT2D eigenvalue weighted by molar-refractivity contribution is 6.30. The summed E-state index contributed by atoms with van der Waals surface area (Å²) in [5.74, 6) is 0.602. The Morgan fingerprint density at radius 2 is 1.77 bits per heavy atom. The van der Waals surface area contributed by atoms with Crippen LogP contribution in [0.1, 0.15) is 50.7 Å². The van der Waals surface area contributed by atoms with E-state index in [0.717, 1.165) is 11.4 Å². The first-order valence-corrected chi connectivity index (χ1v) is 12.0. The van der Waals surface area contributed by atoms with Gasteiger partial charge in [0, 0.05) is 23.0 Å². The van der Waals surface area contributed by atoms with Crippen molar-refractivity contribution in [3.8, 4) is 11.4 Å². The van der Waals surface area contributed by atoms with E-state index < -0.39 is 0 Å². The molecule has 0 aliphatic carbocycles. The number of nitrogens with zero attached hydrogens (tertiary/aromatic N) is 3. The first-order chi connectivity index (χ1) is 16.5. The summed E-state index contributed by atoms with van der Waals surface area (Å²) in [5, 5.41) is 8.30. The molecule has 2 aromatic carbocycles. The maximum atomic E-state index is 13.3. The van der Waals surface area contributed by atoms with Crippen LogP contribution in [0, 0.1) is 5.92 Å². The highest BCUT2D eigenvalue weighted by Crippen LogP contribution is 2.27. The molecule has 3 rings (SSSR count). The maximum Gasteiger partial charge on any atom is 0.258 e. The van der Waals surface area contributed by atoms with Crippen LogP contribution in [0.15, 0.2) is 54.6 Å². The molecule has 35 heavy (non-hydrogen) atoms. The zero-order valence-electron chi connectivity index (χ0n) is 21.1. The van der Waals surface area contributed by atoms with Gasteiger partial charge in [0.15, 0.2) is 0 Å². The van der Waals surface area contributed by atoms with Gasteiger partial charge in [-0.2, -0.15) is 5.10 Å². The average molecular weight is 497 g/mol. The Balaban J connectivity index is 1.88. The number of amides is 2. The molecule has 7 nitrogen and oxygen atoms in total. The average Bonchev–Trinajstić information content (AvgIpc) is 3.22. The van der Waals surface area contributed by atoms with Crippen LogP contribution in [-0.4, -0.2) is 46.7 Å². The quantitative estimate of drug-likeness (QED) is 0.442. The molecule has 0 aliphatic heterocycles. The zero-order valence-corrected chi connectivity index (χ0v) is 21.9. The normalized spacial score (nSPS) is 11.4. The fourth-order valence-corrected chi connectivity index (χ4v) is 3.75. The molecular formula is C27H33ClN4O3. The summed E-state index contributed by atoms with van der Waals surface area (Å²) in [6, 6.07) is 16.1. The van der Waals surface area contributed by atoms with Gasteiger partial charge in [-0.15, -0.1) is 0 Å². The molecule has 0 aliphatic rings. The van der Waals surface area contributed by atoms with E-state index in [2.05, 4.69) is 26.1 Å². The van der Waals surface area contributed by atoms with E-state index in [0.29, 0.717) is 28.7 Å². The van der Waals surface area contributed by atoms with Crippen LogP contribution in [0.4, 0.5) is 5.82 Å². The standard InChI is InChI=1S/C27H33ClN4O3/c1-18(2)16-31(26(34)21-9-7-8-10-22(21)35-6)17-25(33)29-24-15-23(27(3,4)5)30-32(24)20-13-11-19(28)12-14-20/h7-15,18H,16-17H2,1-6H3,(H,29,33). The molecule has 0 atom stereocenters. The molecule has 0 radical (unpaired) electrons. The monoisotopic (exact) mass is 496 g/mol. The predicted molar refractivity (Wildman–Crippen MR) is 140 cm³/mol. The SMILES string of the molecule is COc1ccccc1C(=O)N(CC(=O)Nc1cc(C(C)(C)C)nn1-c1ccc(Cl)cc1)CC(C)C. The van der Waals surface area contributed by atoms with Gasteiger partial charge in [0.1, 0.15) is 18.1 Å². The number of rotatable bonds is 8. The van der Waals surface area contributed by atoms with Crippen molar-refractivity contribution in [2.45, 2.75) is 40.0 Å². The number of halogens is 1. The highest BCUT2D eigenvalue weighted by Gasteiger charge is 2.25. The summed E-state index contributed by atoms with van der Waals surface area (Å²) < 4.78 is 7.05. The lowest BCUT2D eigenvalue weighted by atomic mass is 9.92. The molecule has 0 saturated carbocycles. The lowest BCUT2D eigenvalue weighted by Crippen LogP contribution is -2.40. The van der Waals surface area contributed by atoms with Gasteiger partial charge in [0.2, 0.25) is 5.91 Å². The van der Waals surface area contributed by atoms with Gasteiger partial charge in [-0.3, -0.25) is 9.59 Å². The number of methoxy groups -OCH3 is 1. The summed E-state index contributed by atoms with van der Waals surface area (Å²) in [6.45, 7) is 10.5. The Bertz CT molecular complexity index is 1180. The van der Waals surface area contributed by atoms with Gasteiger partial charge < -0.3 is 15.0 Å². The first kappa shape index (κ1) is 26.3. The van der Waals surface area contributed by atoms with Crippen LogP contribution in [0.25, 0.3) is 5.69 Å². The maximum absolute atomic E-state index is 13.3. The summed E-state index contributed by atoms with van der Waals surface area (Å²) in [7, 11) is 1.52. The molecule has 1 heterocycles. The van der Waals surface area contributed by atoms with Crippen molar-refractivity contribution >= 4 is 29.2 Å². The number of nitrogens with one attached hydrogen (secondary N) is 1. The molecule has 0 saturated heterocycles. The molecule has 8 heteroatoms. The van der Waals surface area contributed by atoms with Crippen molar-refractivity contribution in [1.29, 1.82) is 0 Å². The van der Waals surface area contributed by atoms with Gasteiger partial charge in [-0.25, -0.2) is 4.68 Å². The van der Waals surface area contributed by atoms with Crippen LogP contribution in [-0.2, 0) is 10.2 Å². The van der Waals surface area contributed by atoms with Crippen molar-refractivity contribution in [3.05, 3.63) is 70.9 Å². The minimum atomic E-state index is -0.315. The van der Waals surface area contributed by atoms with E-state index in [-0.39, 0.29) is 29.7 Å². The minimum Gasteiger partial charge on any atom is -0.496 e. The number of benzene rings is 2. The molecule has 2 amide bonds. The van der Waals surface area contributed by atoms with Gasteiger partial charge in [-0.1, -0.05) is 58.4 Å². The molecule has 0 spiro atoms. The van der Waals surface area contributed by atoms with Gasteiger partial charge in [0.05, 0.1) is 24.1 Å². The number of aromatic nitrogens is 2. The number of anilines is 1. The summed E-state index contributed by atoms with van der Waals surface area (Å²) in [4.78, 5) is 28.1. The lowest BCUT2D eigenvalue weighted by molar-refractivity contribution is -0.117. The number of hydrogen-bond donors (Lipinski definition) is 1. The third kappa shape index (κ3) is 6.63. The number of ether oxygens (including phenoxy) is 1. The second kappa shape index (κ2) is 11.0. The molecule has 186 valence electrons.